The van der Waals surface area contributed by atoms with Gasteiger partial charge in [0.1, 0.15) is 12.6 Å². The third kappa shape index (κ3) is 5.13. The van der Waals surface area contributed by atoms with Crippen molar-refractivity contribution in [3.05, 3.63) is 35.9 Å². The molecule has 0 spiro atoms. The van der Waals surface area contributed by atoms with Gasteiger partial charge in [0, 0.05) is 20.1 Å². The Hall–Kier alpha value is -1.23. The van der Waals surface area contributed by atoms with Crippen molar-refractivity contribution in [1.82, 2.24) is 4.90 Å². The summed E-state index contributed by atoms with van der Waals surface area (Å²) in [6.07, 6.45) is 5.10. The van der Waals surface area contributed by atoms with Crippen molar-refractivity contribution in [3.8, 4) is 0 Å². The first kappa shape index (κ1) is 18.1. The van der Waals surface area contributed by atoms with Crippen LogP contribution in [-0.4, -0.2) is 43.3 Å². The van der Waals surface area contributed by atoms with Crippen LogP contribution in [0.5, 0.6) is 0 Å². The molecule has 0 amide bonds. The summed E-state index contributed by atoms with van der Waals surface area (Å²) in [5.41, 5.74) is 1.06. The molecule has 4 nitrogen and oxygen atoms in total. The van der Waals surface area contributed by atoms with Crippen LogP contribution in [0.4, 0.5) is 0 Å². The molecule has 23 heavy (non-hydrogen) atoms. The van der Waals surface area contributed by atoms with Crippen LogP contribution in [0.15, 0.2) is 30.3 Å². The Morgan fingerprint density at radius 3 is 2.70 bits per heavy atom. The number of ether oxygens (including phenoxy) is 2. The van der Waals surface area contributed by atoms with Gasteiger partial charge in [-0.3, -0.25) is 9.69 Å². The Balaban J connectivity index is 2.11. The van der Waals surface area contributed by atoms with E-state index in [9.17, 15) is 4.79 Å². The number of carbonyl (C=O) groups is 1. The Morgan fingerprint density at radius 1 is 1.22 bits per heavy atom. The lowest BCUT2D eigenvalue weighted by Crippen LogP contribution is -2.47. The Kier molecular flexibility index (Phi) is 7.21. The van der Waals surface area contributed by atoms with E-state index in [0.29, 0.717) is 25.4 Å². The number of unbranched alkanes of at least 4 members (excludes halogenated alkanes) is 2. The van der Waals surface area contributed by atoms with E-state index in [2.05, 4.69) is 24.0 Å². The molecule has 0 N–H and O–H groups in total. The summed E-state index contributed by atoms with van der Waals surface area (Å²) >= 11 is 0. The van der Waals surface area contributed by atoms with Crippen molar-refractivity contribution in [1.29, 1.82) is 0 Å². The van der Waals surface area contributed by atoms with Gasteiger partial charge in [0.2, 0.25) is 0 Å². The number of rotatable bonds is 10. The molecular formula is C19H29NO3. The molecule has 0 aliphatic carbocycles. The molecule has 1 atom stereocenters. The van der Waals surface area contributed by atoms with Gasteiger partial charge >= 0.3 is 0 Å². The lowest BCUT2D eigenvalue weighted by Gasteiger charge is -2.38. The quantitative estimate of drug-likeness (QED) is 0.489. The van der Waals surface area contributed by atoms with Crippen LogP contribution in [-0.2, 0) is 20.8 Å². The second-order valence-electron chi connectivity index (χ2n) is 6.49. The van der Waals surface area contributed by atoms with Crippen molar-refractivity contribution in [3.63, 3.8) is 0 Å². The largest absolute Gasteiger partial charge is 0.359 e. The second kappa shape index (κ2) is 9.16. The highest BCUT2D eigenvalue weighted by molar-refractivity contribution is 5.84. The number of carbonyl (C=O) groups excluding carboxylic acids is 1. The summed E-state index contributed by atoms with van der Waals surface area (Å²) in [4.78, 5) is 14.5. The number of benzene rings is 1. The third-order valence-corrected chi connectivity index (χ3v) is 4.60. The van der Waals surface area contributed by atoms with Gasteiger partial charge in [-0.05, 0) is 12.0 Å². The van der Waals surface area contributed by atoms with Gasteiger partial charge < -0.3 is 9.47 Å². The maximum absolute atomic E-state index is 12.2. The van der Waals surface area contributed by atoms with Gasteiger partial charge in [-0.2, -0.15) is 0 Å². The zero-order chi connectivity index (χ0) is 16.5. The van der Waals surface area contributed by atoms with E-state index in [-0.39, 0.29) is 12.3 Å². The summed E-state index contributed by atoms with van der Waals surface area (Å²) in [7, 11) is 1.63. The number of hydrogen-bond acceptors (Lipinski definition) is 4. The molecule has 1 heterocycles. The number of hydrogen-bond donors (Lipinski definition) is 0. The molecule has 4 heteroatoms. The monoisotopic (exact) mass is 319 g/mol. The zero-order valence-corrected chi connectivity index (χ0v) is 14.4. The van der Waals surface area contributed by atoms with E-state index >= 15 is 0 Å². The van der Waals surface area contributed by atoms with Gasteiger partial charge in [0.05, 0.1) is 18.7 Å². The highest BCUT2D eigenvalue weighted by atomic mass is 16.7. The maximum Gasteiger partial charge on any atom is 0.148 e. The number of likely N-dealkylation sites (tertiary alicyclic amines) is 1. The molecule has 1 aliphatic rings. The summed E-state index contributed by atoms with van der Waals surface area (Å²) in [6.45, 7) is 4.37. The molecule has 2 rings (SSSR count). The van der Waals surface area contributed by atoms with E-state index in [1.807, 2.05) is 18.2 Å². The molecule has 1 aromatic carbocycles. The minimum absolute atomic E-state index is 0.180. The number of ketones is 1. The third-order valence-electron chi connectivity index (χ3n) is 4.60. The highest BCUT2D eigenvalue weighted by Crippen LogP contribution is 2.34. The molecule has 1 fully saturated rings. The van der Waals surface area contributed by atoms with E-state index in [0.717, 1.165) is 19.4 Å². The molecule has 0 bridgehead atoms. The molecule has 1 aromatic rings. The first-order valence-electron chi connectivity index (χ1n) is 8.57. The van der Waals surface area contributed by atoms with Crippen molar-refractivity contribution < 1.29 is 14.3 Å². The Morgan fingerprint density at radius 2 is 2.00 bits per heavy atom. The molecule has 0 aromatic heterocycles. The standard InChI is InChI=1S/C19H29NO3/c1-3-4-8-11-19(15-23-16-22-2)12-18(21)14-20(19)13-17-9-6-5-7-10-17/h5-7,9-10H,3-4,8,11-16H2,1-2H3/t19-/m0/s1. The molecule has 0 saturated carbocycles. The van der Waals surface area contributed by atoms with Crippen LogP contribution in [0.2, 0.25) is 0 Å². The fourth-order valence-electron chi connectivity index (χ4n) is 3.42. The average molecular weight is 319 g/mol. The van der Waals surface area contributed by atoms with E-state index in [1.165, 1.54) is 18.4 Å². The van der Waals surface area contributed by atoms with Crippen LogP contribution >= 0.6 is 0 Å². The summed E-state index contributed by atoms with van der Waals surface area (Å²) in [6, 6.07) is 10.4. The van der Waals surface area contributed by atoms with Crippen molar-refractivity contribution in [2.45, 2.75) is 51.1 Å². The fraction of sp³-hybridized carbons (Fsp3) is 0.632. The fourth-order valence-corrected chi connectivity index (χ4v) is 3.42. The highest BCUT2D eigenvalue weighted by Gasteiger charge is 2.44. The van der Waals surface area contributed by atoms with Crippen LogP contribution in [0.1, 0.15) is 44.6 Å². The van der Waals surface area contributed by atoms with E-state index in [1.54, 1.807) is 7.11 Å². The lowest BCUT2D eigenvalue weighted by molar-refractivity contribution is -0.117. The van der Waals surface area contributed by atoms with Gasteiger partial charge in [0.15, 0.2) is 0 Å². The van der Waals surface area contributed by atoms with Crippen molar-refractivity contribution >= 4 is 5.78 Å². The normalized spacial score (nSPS) is 21.9. The molecular weight excluding hydrogens is 290 g/mol. The molecule has 0 radical (unpaired) electrons. The lowest BCUT2D eigenvalue weighted by atomic mass is 9.89. The van der Waals surface area contributed by atoms with E-state index in [4.69, 9.17) is 9.47 Å². The average Bonchev–Trinajstić information content (AvgIpc) is 2.85. The Bertz CT molecular complexity index is 465. The predicted molar refractivity (Wildman–Crippen MR) is 91.2 cm³/mol. The van der Waals surface area contributed by atoms with Gasteiger partial charge in [-0.1, -0.05) is 56.5 Å². The van der Waals surface area contributed by atoms with Gasteiger partial charge in [-0.25, -0.2) is 0 Å². The van der Waals surface area contributed by atoms with Crippen LogP contribution in [0, 0.1) is 0 Å². The summed E-state index contributed by atoms with van der Waals surface area (Å²) < 4.78 is 10.7. The zero-order valence-electron chi connectivity index (χ0n) is 14.4. The van der Waals surface area contributed by atoms with Crippen molar-refractivity contribution in [2.75, 3.05) is 27.1 Å². The number of nitrogens with zero attached hydrogens (tertiary/aromatic N) is 1. The molecule has 128 valence electrons. The number of methoxy groups -OCH3 is 1. The van der Waals surface area contributed by atoms with Crippen LogP contribution in [0.25, 0.3) is 0 Å². The number of Topliss-reactive ketones (excluding diaryl/α,β-unsaturated/α-hetero) is 1. The molecule has 1 saturated heterocycles. The first-order chi connectivity index (χ1) is 11.2. The molecule has 0 unspecified atom stereocenters. The summed E-state index contributed by atoms with van der Waals surface area (Å²) in [5.74, 6) is 0.318. The van der Waals surface area contributed by atoms with Crippen LogP contribution in [0.3, 0.4) is 0 Å². The first-order valence-corrected chi connectivity index (χ1v) is 8.57. The second-order valence-corrected chi connectivity index (χ2v) is 6.49. The minimum atomic E-state index is -0.180. The molecule has 1 aliphatic heterocycles. The van der Waals surface area contributed by atoms with Crippen molar-refractivity contribution in [2.24, 2.45) is 0 Å². The SMILES string of the molecule is CCCCC[C@@]1(COCOC)CC(=O)CN1Cc1ccccc1. The smallest absolute Gasteiger partial charge is 0.148 e. The topological polar surface area (TPSA) is 38.8 Å². The van der Waals surface area contributed by atoms with E-state index < -0.39 is 0 Å². The summed E-state index contributed by atoms with van der Waals surface area (Å²) in [5, 5.41) is 0. The maximum atomic E-state index is 12.2. The van der Waals surface area contributed by atoms with Crippen LogP contribution < -0.4 is 0 Å². The van der Waals surface area contributed by atoms with Gasteiger partial charge in [-0.15, -0.1) is 0 Å². The minimum Gasteiger partial charge on any atom is -0.359 e. The van der Waals surface area contributed by atoms with Gasteiger partial charge in [0.25, 0.3) is 0 Å². The predicted octanol–water partition coefficient (Wildman–Crippen LogP) is 3.40. The Labute approximate surface area is 139 Å².